The fourth-order valence-electron chi connectivity index (χ4n) is 5.11. The zero-order valence-electron chi connectivity index (χ0n) is 19.0. The Balaban J connectivity index is 1.81. The van der Waals surface area contributed by atoms with E-state index in [1.165, 1.54) is 36.5 Å². The molecule has 0 radical (unpaired) electrons. The Morgan fingerprint density at radius 1 is 1.19 bits per heavy atom. The number of hydrogen-bond acceptors (Lipinski definition) is 3. The van der Waals surface area contributed by atoms with Crippen LogP contribution in [0.4, 0.5) is 0 Å². The summed E-state index contributed by atoms with van der Waals surface area (Å²) >= 11 is 0. The molecular formula is C26H33N3O2. The predicted molar refractivity (Wildman–Crippen MR) is 125 cm³/mol. The smallest absolute Gasteiger partial charge is 0.280 e. The van der Waals surface area contributed by atoms with Crippen LogP contribution in [0.25, 0.3) is 6.08 Å². The Labute approximate surface area is 184 Å². The summed E-state index contributed by atoms with van der Waals surface area (Å²) in [5.74, 6) is 1.26. The number of amides is 1. The number of benzene rings is 1. The summed E-state index contributed by atoms with van der Waals surface area (Å²) in [6.07, 6.45) is 7.87. The Kier molecular flexibility index (Phi) is 5.87. The van der Waals surface area contributed by atoms with E-state index in [0.717, 1.165) is 12.8 Å². The molecule has 0 bridgehead atoms. The number of fused-ring (bicyclic) bond motifs is 1. The van der Waals surface area contributed by atoms with Gasteiger partial charge in [-0.15, -0.1) is 0 Å². The molecule has 1 fully saturated rings. The molecule has 31 heavy (non-hydrogen) atoms. The highest BCUT2D eigenvalue weighted by Crippen LogP contribution is 2.40. The molecule has 0 unspecified atom stereocenters. The van der Waals surface area contributed by atoms with Crippen LogP contribution in [0.1, 0.15) is 84.9 Å². The van der Waals surface area contributed by atoms with Crippen LogP contribution in [0.5, 0.6) is 0 Å². The van der Waals surface area contributed by atoms with E-state index in [2.05, 4.69) is 49.7 Å². The minimum Gasteiger partial charge on any atom is -0.339 e. The van der Waals surface area contributed by atoms with Crippen LogP contribution in [0.2, 0.25) is 0 Å². The third-order valence-electron chi connectivity index (χ3n) is 7.64. The Morgan fingerprint density at radius 2 is 1.94 bits per heavy atom. The van der Waals surface area contributed by atoms with E-state index in [1.807, 2.05) is 4.57 Å². The number of aromatic nitrogens is 2. The van der Waals surface area contributed by atoms with E-state index in [-0.39, 0.29) is 16.9 Å². The SMILES string of the molecule is C=Cc1c2n(c(CC(CC)(CC)c3cccc(C4CCC4)c3)nc1=O)CCN(C)C2=O. The molecule has 1 aromatic heterocycles. The molecule has 1 saturated carbocycles. The van der Waals surface area contributed by atoms with Crippen molar-refractivity contribution in [2.45, 2.75) is 70.3 Å². The van der Waals surface area contributed by atoms with Gasteiger partial charge in [-0.05, 0) is 42.7 Å². The summed E-state index contributed by atoms with van der Waals surface area (Å²) in [4.78, 5) is 31.9. The number of likely N-dealkylation sites (N-methyl/N-ethyl adjacent to an activating group) is 1. The maximum atomic E-state index is 12.9. The molecule has 5 heteroatoms. The van der Waals surface area contributed by atoms with Crippen LogP contribution in [0.3, 0.4) is 0 Å². The molecule has 0 spiro atoms. The van der Waals surface area contributed by atoms with Gasteiger partial charge < -0.3 is 9.47 Å². The zero-order valence-corrected chi connectivity index (χ0v) is 19.0. The second-order valence-electron chi connectivity index (χ2n) is 9.10. The summed E-state index contributed by atoms with van der Waals surface area (Å²) in [7, 11) is 1.78. The molecule has 0 N–H and O–H groups in total. The first kappa shape index (κ1) is 21.5. The highest BCUT2D eigenvalue weighted by atomic mass is 16.2. The fraction of sp³-hybridized carbons (Fsp3) is 0.500. The van der Waals surface area contributed by atoms with Gasteiger partial charge in [-0.25, -0.2) is 0 Å². The summed E-state index contributed by atoms with van der Waals surface area (Å²) in [6.45, 7) is 9.45. The Bertz CT molecular complexity index is 1060. The molecule has 2 heterocycles. The van der Waals surface area contributed by atoms with Gasteiger partial charge in [0.15, 0.2) is 0 Å². The highest BCUT2D eigenvalue weighted by molar-refractivity contribution is 5.96. The summed E-state index contributed by atoms with van der Waals surface area (Å²) in [5, 5.41) is 0. The van der Waals surface area contributed by atoms with Crippen molar-refractivity contribution in [1.82, 2.24) is 14.5 Å². The van der Waals surface area contributed by atoms with Gasteiger partial charge in [0.05, 0.1) is 5.56 Å². The number of nitrogens with zero attached hydrogens (tertiary/aromatic N) is 3. The lowest BCUT2D eigenvalue weighted by Gasteiger charge is -2.36. The highest BCUT2D eigenvalue weighted by Gasteiger charge is 2.34. The molecule has 0 saturated heterocycles. The first-order chi connectivity index (χ1) is 14.9. The second kappa shape index (κ2) is 8.45. The molecule has 4 rings (SSSR count). The normalized spacial score (nSPS) is 16.7. The molecule has 1 aromatic carbocycles. The minimum atomic E-state index is -0.357. The standard InChI is InChI=1S/C26H33N3O2/c1-5-21-23-25(31)28(4)14-15-29(23)22(27-24(21)30)17-26(6-2,7-3)20-13-9-12-19(16-20)18-10-8-11-18/h5,9,12-13,16,18H,1,6-8,10-11,14-15,17H2,2-4H3. The van der Waals surface area contributed by atoms with E-state index >= 15 is 0 Å². The van der Waals surface area contributed by atoms with E-state index in [9.17, 15) is 9.59 Å². The molecule has 1 aliphatic heterocycles. The number of carbonyl (C=O) groups is 1. The quantitative estimate of drug-likeness (QED) is 0.662. The van der Waals surface area contributed by atoms with Gasteiger partial charge in [0.1, 0.15) is 11.5 Å². The lowest BCUT2D eigenvalue weighted by atomic mass is 9.71. The van der Waals surface area contributed by atoms with Crippen molar-refractivity contribution in [2.75, 3.05) is 13.6 Å². The fourth-order valence-corrected chi connectivity index (χ4v) is 5.11. The molecule has 2 aliphatic rings. The monoisotopic (exact) mass is 419 g/mol. The second-order valence-corrected chi connectivity index (χ2v) is 9.10. The van der Waals surface area contributed by atoms with E-state index < -0.39 is 0 Å². The van der Waals surface area contributed by atoms with Gasteiger partial charge in [-0.1, -0.05) is 57.2 Å². The van der Waals surface area contributed by atoms with Crippen molar-refractivity contribution >= 4 is 12.0 Å². The van der Waals surface area contributed by atoms with Gasteiger partial charge in [-0.3, -0.25) is 9.59 Å². The van der Waals surface area contributed by atoms with Crippen molar-refractivity contribution in [3.05, 3.63) is 69.4 Å². The summed E-state index contributed by atoms with van der Waals surface area (Å²) in [6, 6.07) is 9.03. The van der Waals surface area contributed by atoms with Crippen molar-refractivity contribution in [2.24, 2.45) is 0 Å². The lowest BCUT2D eigenvalue weighted by molar-refractivity contribution is 0.0742. The molecule has 164 valence electrons. The van der Waals surface area contributed by atoms with Gasteiger partial charge in [0.2, 0.25) is 0 Å². The zero-order chi connectivity index (χ0) is 22.2. The number of carbonyl (C=O) groups excluding carboxylic acids is 1. The summed E-state index contributed by atoms with van der Waals surface area (Å²) < 4.78 is 1.97. The van der Waals surface area contributed by atoms with Gasteiger partial charge in [0, 0.05) is 32.0 Å². The maximum absolute atomic E-state index is 12.9. The molecular weight excluding hydrogens is 386 g/mol. The van der Waals surface area contributed by atoms with Crippen molar-refractivity contribution in [3.8, 4) is 0 Å². The maximum Gasteiger partial charge on any atom is 0.280 e. The van der Waals surface area contributed by atoms with Crippen LogP contribution in [-0.2, 0) is 18.4 Å². The first-order valence-electron chi connectivity index (χ1n) is 11.6. The van der Waals surface area contributed by atoms with Crippen molar-refractivity contribution in [3.63, 3.8) is 0 Å². The van der Waals surface area contributed by atoms with Gasteiger partial charge >= 0.3 is 0 Å². The van der Waals surface area contributed by atoms with Crippen molar-refractivity contribution in [1.29, 1.82) is 0 Å². The van der Waals surface area contributed by atoms with Crippen LogP contribution < -0.4 is 5.56 Å². The third kappa shape index (κ3) is 3.64. The van der Waals surface area contributed by atoms with Crippen LogP contribution in [0, 0.1) is 0 Å². The van der Waals surface area contributed by atoms with Gasteiger partial charge in [0.25, 0.3) is 11.5 Å². The molecule has 1 amide bonds. The van der Waals surface area contributed by atoms with Crippen LogP contribution in [-0.4, -0.2) is 34.0 Å². The number of rotatable bonds is 7. The first-order valence-corrected chi connectivity index (χ1v) is 11.6. The minimum absolute atomic E-state index is 0.123. The van der Waals surface area contributed by atoms with E-state index in [4.69, 9.17) is 0 Å². The average molecular weight is 420 g/mol. The molecule has 2 aromatic rings. The third-order valence-corrected chi connectivity index (χ3v) is 7.64. The van der Waals surface area contributed by atoms with E-state index in [1.54, 1.807) is 11.9 Å². The molecule has 5 nitrogen and oxygen atoms in total. The topological polar surface area (TPSA) is 55.2 Å². The summed E-state index contributed by atoms with van der Waals surface area (Å²) in [5.41, 5.74) is 3.01. The number of hydrogen-bond donors (Lipinski definition) is 0. The predicted octanol–water partition coefficient (Wildman–Crippen LogP) is 4.54. The lowest BCUT2D eigenvalue weighted by Crippen LogP contribution is -2.43. The van der Waals surface area contributed by atoms with E-state index in [0.29, 0.717) is 42.5 Å². The average Bonchev–Trinajstić information content (AvgIpc) is 2.74. The molecule has 1 aliphatic carbocycles. The molecule has 0 atom stereocenters. The van der Waals surface area contributed by atoms with Gasteiger partial charge in [-0.2, -0.15) is 4.98 Å². The van der Waals surface area contributed by atoms with Crippen LogP contribution in [0.15, 0.2) is 35.6 Å². The van der Waals surface area contributed by atoms with Crippen molar-refractivity contribution < 1.29 is 4.79 Å². The Hall–Kier alpha value is -2.69. The largest absolute Gasteiger partial charge is 0.339 e. The van der Waals surface area contributed by atoms with Crippen LogP contribution >= 0.6 is 0 Å². The Morgan fingerprint density at radius 3 is 2.55 bits per heavy atom.